The van der Waals surface area contributed by atoms with Gasteiger partial charge < -0.3 is 0 Å². The van der Waals surface area contributed by atoms with E-state index in [0.29, 0.717) is 17.3 Å². The molecule has 0 bridgehead atoms. The van der Waals surface area contributed by atoms with Gasteiger partial charge in [-0.3, -0.25) is 10.1 Å². The molecule has 0 radical (unpaired) electrons. The summed E-state index contributed by atoms with van der Waals surface area (Å²) in [5.74, 6) is 0.960. The monoisotopic (exact) mass is 304 g/mol. The summed E-state index contributed by atoms with van der Waals surface area (Å²) in [6, 6.07) is 2.05. The Morgan fingerprint density at radius 2 is 2.29 bits per heavy atom. The topological polar surface area (TPSA) is 70.7 Å². The SMILES string of the molecule is CC(C)(C)C1CCc2sc(C(=O)Nc3ncn[nH]3)cc2C1. The van der Waals surface area contributed by atoms with E-state index in [9.17, 15) is 4.79 Å². The zero-order valence-corrected chi connectivity index (χ0v) is 13.4. The van der Waals surface area contributed by atoms with E-state index in [1.54, 1.807) is 11.3 Å². The molecular formula is C15H20N4OS. The number of nitrogens with zero attached hydrogens (tertiary/aromatic N) is 2. The second kappa shape index (κ2) is 5.26. The highest BCUT2D eigenvalue weighted by molar-refractivity contribution is 7.14. The second-order valence-electron chi connectivity index (χ2n) is 6.65. The first-order valence-electron chi connectivity index (χ1n) is 7.22. The van der Waals surface area contributed by atoms with Crippen molar-refractivity contribution in [2.45, 2.75) is 40.0 Å². The molecule has 2 aromatic heterocycles. The molecule has 1 aliphatic carbocycles. The van der Waals surface area contributed by atoms with Gasteiger partial charge in [-0.1, -0.05) is 20.8 Å². The van der Waals surface area contributed by atoms with Crippen LogP contribution < -0.4 is 5.32 Å². The molecule has 112 valence electrons. The van der Waals surface area contributed by atoms with Crippen LogP contribution in [0.15, 0.2) is 12.4 Å². The summed E-state index contributed by atoms with van der Waals surface area (Å²) >= 11 is 1.60. The molecule has 6 heteroatoms. The zero-order valence-electron chi connectivity index (χ0n) is 12.6. The van der Waals surface area contributed by atoms with Crippen LogP contribution in [0.3, 0.4) is 0 Å². The van der Waals surface area contributed by atoms with E-state index in [0.717, 1.165) is 17.7 Å². The molecule has 1 amide bonds. The minimum atomic E-state index is -0.113. The number of H-pyrrole nitrogens is 1. The summed E-state index contributed by atoms with van der Waals surface area (Å²) in [6.07, 6.45) is 4.74. The summed E-state index contributed by atoms with van der Waals surface area (Å²) in [4.78, 5) is 18.2. The fraction of sp³-hybridized carbons (Fsp3) is 0.533. The summed E-state index contributed by atoms with van der Waals surface area (Å²) < 4.78 is 0. The third-order valence-corrected chi connectivity index (χ3v) is 5.41. The van der Waals surface area contributed by atoms with Gasteiger partial charge in [0.05, 0.1) is 4.88 Å². The number of carbonyl (C=O) groups is 1. The minimum Gasteiger partial charge on any atom is -0.290 e. The maximum Gasteiger partial charge on any atom is 0.268 e. The van der Waals surface area contributed by atoms with Crippen LogP contribution in [0.4, 0.5) is 5.95 Å². The first kappa shape index (κ1) is 14.3. The first-order valence-corrected chi connectivity index (χ1v) is 8.03. The Morgan fingerprint density at radius 3 is 2.95 bits per heavy atom. The number of hydrogen-bond acceptors (Lipinski definition) is 4. The number of fused-ring (bicyclic) bond motifs is 1. The maximum absolute atomic E-state index is 12.2. The normalized spacial score (nSPS) is 18.3. The van der Waals surface area contributed by atoms with Crippen LogP contribution in [0.25, 0.3) is 0 Å². The number of rotatable bonds is 2. The number of aromatic amines is 1. The Bertz CT molecular complexity index is 639. The Hall–Kier alpha value is -1.69. The average molecular weight is 304 g/mol. The van der Waals surface area contributed by atoms with E-state index in [4.69, 9.17) is 0 Å². The van der Waals surface area contributed by atoms with E-state index in [2.05, 4.69) is 41.3 Å². The third-order valence-electron chi connectivity index (χ3n) is 4.18. The minimum absolute atomic E-state index is 0.113. The fourth-order valence-electron chi connectivity index (χ4n) is 2.81. The van der Waals surface area contributed by atoms with E-state index >= 15 is 0 Å². The highest BCUT2D eigenvalue weighted by Gasteiger charge is 2.30. The number of nitrogens with one attached hydrogen (secondary N) is 2. The molecule has 0 fully saturated rings. The van der Waals surface area contributed by atoms with Crippen molar-refractivity contribution in [3.63, 3.8) is 0 Å². The Kier molecular flexibility index (Phi) is 3.57. The van der Waals surface area contributed by atoms with Crippen LogP contribution in [-0.2, 0) is 12.8 Å². The standard InChI is InChI=1S/C15H20N4OS/c1-15(2,3)10-4-5-11-9(6-10)7-12(21-11)13(20)18-14-16-8-17-19-14/h7-8,10H,4-6H2,1-3H3,(H2,16,17,18,19,20). The van der Waals surface area contributed by atoms with Crippen LogP contribution >= 0.6 is 11.3 Å². The smallest absolute Gasteiger partial charge is 0.268 e. The highest BCUT2D eigenvalue weighted by Crippen LogP contribution is 2.40. The summed E-state index contributed by atoms with van der Waals surface area (Å²) in [5.41, 5.74) is 1.66. The number of amides is 1. The van der Waals surface area contributed by atoms with E-state index in [1.807, 2.05) is 6.07 Å². The lowest BCUT2D eigenvalue weighted by Gasteiger charge is -2.33. The van der Waals surface area contributed by atoms with E-state index in [-0.39, 0.29) is 5.91 Å². The zero-order chi connectivity index (χ0) is 15.0. The molecule has 0 aromatic carbocycles. The van der Waals surface area contributed by atoms with Gasteiger partial charge in [-0.05, 0) is 42.2 Å². The summed E-state index contributed by atoms with van der Waals surface area (Å²) in [6.45, 7) is 6.89. The van der Waals surface area contributed by atoms with Crippen molar-refractivity contribution in [3.8, 4) is 0 Å². The average Bonchev–Trinajstić information content (AvgIpc) is 3.04. The van der Waals surface area contributed by atoms with Gasteiger partial charge >= 0.3 is 0 Å². The summed E-state index contributed by atoms with van der Waals surface area (Å²) in [7, 11) is 0. The molecule has 2 heterocycles. The Morgan fingerprint density at radius 1 is 1.48 bits per heavy atom. The molecular weight excluding hydrogens is 284 g/mol. The lowest BCUT2D eigenvalue weighted by atomic mass is 9.72. The van der Waals surface area contributed by atoms with Gasteiger partial charge in [0.1, 0.15) is 6.33 Å². The molecule has 2 aromatic rings. The van der Waals surface area contributed by atoms with Crippen molar-refractivity contribution >= 4 is 23.2 Å². The van der Waals surface area contributed by atoms with Gasteiger partial charge in [-0.2, -0.15) is 10.1 Å². The van der Waals surface area contributed by atoms with Gasteiger partial charge in [0.25, 0.3) is 5.91 Å². The van der Waals surface area contributed by atoms with Gasteiger partial charge in [0, 0.05) is 4.88 Å². The maximum atomic E-state index is 12.2. The van der Waals surface area contributed by atoms with E-state index < -0.39 is 0 Å². The lowest BCUT2D eigenvalue weighted by molar-refractivity contribution is 0.102. The lowest BCUT2D eigenvalue weighted by Crippen LogP contribution is -2.26. The molecule has 0 spiro atoms. The Balaban J connectivity index is 1.76. The largest absolute Gasteiger partial charge is 0.290 e. The summed E-state index contributed by atoms with van der Waals surface area (Å²) in [5, 5.41) is 9.09. The van der Waals surface area contributed by atoms with Crippen molar-refractivity contribution in [1.82, 2.24) is 15.2 Å². The fourth-order valence-corrected chi connectivity index (χ4v) is 3.91. The number of thiophene rings is 1. The third kappa shape index (κ3) is 3.00. The number of carbonyl (C=O) groups excluding carboxylic acids is 1. The van der Waals surface area contributed by atoms with Gasteiger partial charge in [-0.15, -0.1) is 11.3 Å². The number of aryl methyl sites for hydroxylation is 1. The molecule has 0 aliphatic heterocycles. The van der Waals surface area contributed by atoms with Crippen molar-refractivity contribution < 1.29 is 4.79 Å². The molecule has 0 saturated heterocycles. The molecule has 1 unspecified atom stereocenters. The van der Waals surface area contributed by atoms with Crippen molar-refractivity contribution in [2.75, 3.05) is 5.32 Å². The van der Waals surface area contributed by atoms with Crippen LogP contribution in [0.5, 0.6) is 0 Å². The van der Waals surface area contributed by atoms with Crippen LogP contribution in [0, 0.1) is 11.3 Å². The van der Waals surface area contributed by atoms with Crippen molar-refractivity contribution in [2.24, 2.45) is 11.3 Å². The van der Waals surface area contributed by atoms with Crippen LogP contribution in [0.1, 0.15) is 47.3 Å². The molecule has 2 N–H and O–H groups in total. The first-order chi connectivity index (χ1) is 9.93. The highest BCUT2D eigenvalue weighted by atomic mass is 32.1. The van der Waals surface area contributed by atoms with Gasteiger partial charge in [0.15, 0.2) is 0 Å². The number of aromatic nitrogens is 3. The van der Waals surface area contributed by atoms with Crippen molar-refractivity contribution in [3.05, 3.63) is 27.7 Å². The predicted octanol–water partition coefficient (Wildman–Crippen LogP) is 3.27. The molecule has 0 saturated carbocycles. The molecule has 1 aliphatic rings. The molecule has 3 rings (SSSR count). The second-order valence-corrected chi connectivity index (χ2v) is 7.79. The predicted molar refractivity (Wildman–Crippen MR) is 83.6 cm³/mol. The van der Waals surface area contributed by atoms with Crippen molar-refractivity contribution in [1.29, 1.82) is 0 Å². The molecule has 1 atom stereocenters. The molecule has 5 nitrogen and oxygen atoms in total. The molecule has 21 heavy (non-hydrogen) atoms. The number of anilines is 1. The van der Waals surface area contributed by atoms with Crippen LogP contribution in [0.2, 0.25) is 0 Å². The number of hydrogen-bond donors (Lipinski definition) is 2. The Labute approximate surface area is 128 Å². The van der Waals surface area contributed by atoms with E-state index in [1.165, 1.54) is 23.2 Å². The van der Waals surface area contributed by atoms with Gasteiger partial charge in [0.2, 0.25) is 5.95 Å². The van der Waals surface area contributed by atoms with Crippen LogP contribution in [-0.4, -0.2) is 21.1 Å². The quantitative estimate of drug-likeness (QED) is 0.894. The van der Waals surface area contributed by atoms with Gasteiger partial charge in [-0.25, -0.2) is 5.10 Å².